The summed E-state index contributed by atoms with van der Waals surface area (Å²) in [7, 11) is 0. The third kappa shape index (κ3) is 3.09. The maximum Gasteiger partial charge on any atom is 0.0876 e. The van der Waals surface area contributed by atoms with Crippen molar-refractivity contribution in [1.29, 1.82) is 0 Å². The number of aromatic nitrogens is 2. The highest BCUT2D eigenvalue weighted by Crippen LogP contribution is 2.25. The molecule has 0 bridgehead atoms. The highest BCUT2D eigenvalue weighted by Gasteiger charge is 2.09. The van der Waals surface area contributed by atoms with E-state index in [4.69, 9.17) is 11.6 Å². The lowest BCUT2D eigenvalue weighted by molar-refractivity contribution is 0.853. The van der Waals surface area contributed by atoms with Crippen molar-refractivity contribution in [3.05, 3.63) is 77.6 Å². The molecule has 0 saturated carbocycles. The van der Waals surface area contributed by atoms with Gasteiger partial charge in [-0.1, -0.05) is 35.9 Å². The number of benzene rings is 2. The summed E-state index contributed by atoms with van der Waals surface area (Å²) in [4.78, 5) is 0. The molecular formula is C17H16ClN3. The fourth-order valence-corrected chi connectivity index (χ4v) is 2.40. The summed E-state index contributed by atoms with van der Waals surface area (Å²) in [5.41, 5.74) is 3.27. The van der Waals surface area contributed by atoms with Crippen LogP contribution in [0.2, 0.25) is 5.02 Å². The van der Waals surface area contributed by atoms with Crippen LogP contribution in [0, 0.1) is 0 Å². The second-order valence-electron chi connectivity index (χ2n) is 4.89. The van der Waals surface area contributed by atoms with Crippen molar-refractivity contribution in [1.82, 2.24) is 9.78 Å². The quantitative estimate of drug-likeness (QED) is 0.756. The number of para-hydroxylation sites is 2. The van der Waals surface area contributed by atoms with E-state index in [1.165, 1.54) is 5.56 Å². The molecule has 0 aliphatic heterocycles. The van der Waals surface area contributed by atoms with Crippen molar-refractivity contribution in [2.45, 2.75) is 13.0 Å². The minimum absolute atomic E-state index is 0.180. The van der Waals surface area contributed by atoms with Crippen molar-refractivity contribution in [2.24, 2.45) is 0 Å². The first-order valence-electron chi connectivity index (χ1n) is 6.85. The molecule has 1 N–H and O–H groups in total. The first kappa shape index (κ1) is 13.7. The second-order valence-corrected chi connectivity index (χ2v) is 5.32. The molecule has 0 amide bonds. The van der Waals surface area contributed by atoms with E-state index in [1.54, 1.807) is 6.20 Å². The highest BCUT2D eigenvalue weighted by atomic mass is 35.5. The average Bonchev–Trinajstić information content (AvgIpc) is 3.02. The molecule has 3 aromatic rings. The first-order chi connectivity index (χ1) is 10.2. The summed E-state index contributed by atoms with van der Waals surface area (Å²) in [6.45, 7) is 2.13. The van der Waals surface area contributed by atoms with Gasteiger partial charge >= 0.3 is 0 Å². The van der Waals surface area contributed by atoms with E-state index in [-0.39, 0.29) is 6.04 Å². The maximum atomic E-state index is 5.94. The van der Waals surface area contributed by atoms with Gasteiger partial charge in [0.15, 0.2) is 0 Å². The van der Waals surface area contributed by atoms with Gasteiger partial charge in [0.1, 0.15) is 0 Å². The molecular weight excluding hydrogens is 282 g/mol. The lowest BCUT2D eigenvalue weighted by Gasteiger charge is -2.18. The molecule has 1 aromatic heterocycles. The topological polar surface area (TPSA) is 29.9 Å². The monoisotopic (exact) mass is 297 g/mol. The van der Waals surface area contributed by atoms with Crippen LogP contribution in [-0.2, 0) is 0 Å². The van der Waals surface area contributed by atoms with Crippen LogP contribution in [0.1, 0.15) is 18.5 Å². The van der Waals surface area contributed by atoms with Gasteiger partial charge in [0, 0.05) is 23.5 Å². The van der Waals surface area contributed by atoms with E-state index in [0.717, 1.165) is 16.4 Å². The zero-order valence-corrected chi connectivity index (χ0v) is 12.5. The van der Waals surface area contributed by atoms with Crippen LogP contribution in [0.5, 0.6) is 0 Å². The Morgan fingerprint density at radius 1 is 1.05 bits per heavy atom. The molecule has 0 radical (unpaired) electrons. The summed E-state index contributed by atoms with van der Waals surface area (Å²) in [6.07, 6.45) is 3.72. The number of nitrogens with one attached hydrogen (secondary N) is 1. The number of anilines is 1. The van der Waals surface area contributed by atoms with Crippen LogP contribution in [0.25, 0.3) is 5.69 Å². The fourth-order valence-electron chi connectivity index (χ4n) is 2.27. The Bertz CT molecular complexity index is 705. The van der Waals surface area contributed by atoms with E-state index >= 15 is 0 Å². The molecule has 21 heavy (non-hydrogen) atoms. The Morgan fingerprint density at radius 2 is 1.81 bits per heavy atom. The van der Waals surface area contributed by atoms with Crippen LogP contribution < -0.4 is 5.32 Å². The van der Waals surface area contributed by atoms with Crippen molar-refractivity contribution >= 4 is 17.3 Å². The van der Waals surface area contributed by atoms with E-state index < -0.39 is 0 Å². The minimum Gasteiger partial charge on any atom is -0.377 e. The van der Waals surface area contributed by atoms with Crippen LogP contribution in [0.4, 0.5) is 5.69 Å². The molecule has 0 spiro atoms. The molecule has 4 heteroatoms. The molecule has 0 fully saturated rings. The van der Waals surface area contributed by atoms with Crippen LogP contribution in [-0.4, -0.2) is 9.78 Å². The van der Waals surface area contributed by atoms with Gasteiger partial charge in [-0.3, -0.25) is 0 Å². The minimum atomic E-state index is 0.180. The Kier molecular flexibility index (Phi) is 3.93. The van der Waals surface area contributed by atoms with Gasteiger partial charge in [0.25, 0.3) is 0 Å². The predicted molar refractivity (Wildman–Crippen MR) is 87.1 cm³/mol. The van der Waals surface area contributed by atoms with Crippen LogP contribution in [0.3, 0.4) is 0 Å². The Labute approximate surface area is 129 Å². The molecule has 0 aliphatic rings. The Morgan fingerprint density at radius 3 is 2.52 bits per heavy atom. The summed E-state index contributed by atoms with van der Waals surface area (Å²) >= 11 is 5.94. The highest BCUT2D eigenvalue weighted by molar-refractivity contribution is 6.30. The number of halogens is 1. The third-order valence-electron chi connectivity index (χ3n) is 3.40. The summed E-state index contributed by atoms with van der Waals surface area (Å²) in [5, 5.41) is 8.58. The predicted octanol–water partition coefficient (Wildman–Crippen LogP) is 4.70. The van der Waals surface area contributed by atoms with Gasteiger partial charge in [-0.05, 0) is 42.8 Å². The molecule has 3 rings (SSSR count). The molecule has 1 unspecified atom stereocenters. The van der Waals surface area contributed by atoms with Gasteiger partial charge in [-0.2, -0.15) is 5.10 Å². The Hall–Kier alpha value is -2.26. The largest absolute Gasteiger partial charge is 0.377 e. The standard InChI is InChI=1S/C17H16ClN3/c1-13(14-7-9-15(18)10-8-14)20-16-5-2-3-6-17(16)21-12-4-11-19-21/h2-13,20H,1H3. The lowest BCUT2D eigenvalue weighted by atomic mass is 10.1. The molecule has 3 nitrogen and oxygen atoms in total. The SMILES string of the molecule is CC(Nc1ccccc1-n1cccn1)c1ccc(Cl)cc1. The van der Waals surface area contributed by atoms with Crippen molar-refractivity contribution in [2.75, 3.05) is 5.32 Å². The number of hydrogen-bond donors (Lipinski definition) is 1. The lowest BCUT2D eigenvalue weighted by Crippen LogP contribution is -2.09. The molecule has 1 heterocycles. The van der Waals surface area contributed by atoms with Gasteiger partial charge in [0.05, 0.1) is 11.4 Å². The fraction of sp³-hybridized carbons (Fsp3) is 0.118. The normalized spacial score (nSPS) is 12.1. The third-order valence-corrected chi connectivity index (χ3v) is 3.65. The van der Waals surface area contributed by atoms with Crippen molar-refractivity contribution in [3.8, 4) is 5.69 Å². The van der Waals surface area contributed by atoms with Gasteiger partial charge in [-0.15, -0.1) is 0 Å². The van der Waals surface area contributed by atoms with Gasteiger partial charge in [-0.25, -0.2) is 4.68 Å². The van der Waals surface area contributed by atoms with Crippen molar-refractivity contribution in [3.63, 3.8) is 0 Å². The van der Waals surface area contributed by atoms with Gasteiger partial charge < -0.3 is 5.32 Å². The molecule has 0 aliphatic carbocycles. The molecule has 106 valence electrons. The van der Waals surface area contributed by atoms with E-state index in [1.807, 2.05) is 59.4 Å². The second kappa shape index (κ2) is 6.02. The number of rotatable bonds is 4. The van der Waals surface area contributed by atoms with E-state index in [0.29, 0.717) is 0 Å². The maximum absolute atomic E-state index is 5.94. The zero-order valence-electron chi connectivity index (χ0n) is 11.7. The molecule has 2 aromatic carbocycles. The summed E-state index contributed by atoms with van der Waals surface area (Å²) in [6, 6.07) is 18.1. The van der Waals surface area contributed by atoms with Gasteiger partial charge in [0.2, 0.25) is 0 Å². The number of nitrogens with zero attached hydrogens (tertiary/aromatic N) is 2. The van der Waals surface area contributed by atoms with E-state index in [9.17, 15) is 0 Å². The summed E-state index contributed by atoms with van der Waals surface area (Å²) < 4.78 is 1.86. The van der Waals surface area contributed by atoms with Crippen LogP contribution >= 0.6 is 11.6 Å². The Balaban J connectivity index is 1.86. The zero-order chi connectivity index (χ0) is 14.7. The number of hydrogen-bond acceptors (Lipinski definition) is 2. The van der Waals surface area contributed by atoms with Crippen LogP contribution in [0.15, 0.2) is 67.0 Å². The van der Waals surface area contributed by atoms with Crippen molar-refractivity contribution < 1.29 is 0 Å². The smallest absolute Gasteiger partial charge is 0.0876 e. The molecule has 0 saturated heterocycles. The van der Waals surface area contributed by atoms with E-state index in [2.05, 4.69) is 23.4 Å². The average molecular weight is 298 g/mol. The first-order valence-corrected chi connectivity index (χ1v) is 7.23. The summed E-state index contributed by atoms with van der Waals surface area (Å²) in [5.74, 6) is 0. The molecule has 1 atom stereocenters.